The van der Waals surface area contributed by atoms with Gasteiger partial charge in [-0.3, -0.25) is 9.78 Å². The number of nitrogens with zero attached hydrogens (tertiary/aromatic N) is 1. The molecule has 0 N–H and O–H groups in total. The van der Waals surface area contributed by atoms with E-state index in [1.54, 1.807) is 12.4 Å². The molecule has 2 aromatic carbocycles. The van der Waals surface area contributed by atoms with Gasteiger partial charge in [0.1, 0.15) is 0 Å². The number of aromatic nitrogens is 1. The van der Waals surface area contributed by atoms with Crippen molar-refractivity contribution in [2.45, 2.75) is 19.3 Å². The molecule has 0 amide bonds. The number of hydrogen-bond acceptors (Lipinski definition) is 2. The molecule has 1 heterocycles. The minimum atomic E-state index is -0.0926. The molecule has 1 unspecified atom stereocenters. The fraction of sp³-hybridized carbons (Fsp3) is 0.158. The maximum Gasteiger partial charge on any atom is 0.170 e. The van der Waals surface area contributed by atoms with Crippen LogP contribution in [0.5, 0.6) is 0 Å². The van der Waals surface area contributed by atoms with Crippen LogP contribution in [0.3, 0.4) is 0 Å². The van der Waals surface area contributed by atoms with Crippen molar-refractivity contribution in [1.82, 2.24) is 4.98 Å². The van der Waals surface area contributed by atoms with Gasteiger partial charge in [0.05, 0.1) is 0 Å². The SMILES string of the molecule is CCC(C(=O)c1cccc2cnccc12)c1ccccc1. The molecule has 0 aliphatic carbocycles. The van der Waals surface area contributed by atoms with E-state index in [-0.39, 0.29) is 11.7 Å². The summed E-state index contributed by atoms with van der Waals surface area (Å²) in [6.45, 7) is 2.06. The van der Waals surface area contributed by atoms with Gasteiger partial charge in [-0.1, -0.05) is 55.5 Å². The van der Waals surface area contributed by atoms with E-state index in [0.717, 1.165) is 28.3 Å². The maximum atomic E-state index is 13.0. The molecular weight excluding hydrogens is 258 g/mol. The van der Waals surface area contributed by atoms with E-state index in [1.807, 2.05) is 54.6 Å². The molecule has 0 saturated carbocycles. The molecule has 0 bridgehead atoms. The Kier molecular flexibility index (Phi) is 3.78. The molecular formula is C19H17NO. The minimum Gasteiger partial charge on any atom is -0.293 e. The lowest BCUT2D eigenvalue weighted by Gasteiger charge is -2.15. The molecule has 1 aromatic heterocycles. The average Bonchev–Trinajstić information content (AvgIpc) is 2.56. The Hall–Kier alpha value is -2.48. The Morgan fingerprint density at radius 3 is 2.62 bits per heavy atom. The van der Waals surface area contributed by atoms with Gasteiger partial charge in [-0.25, -0.2) is 0 Å². The smallest absolute Gasteiger partial charge is 0.170 e. The first-order valence-corrected chi connectivity index (χ1v) is 7.23. The predicted molar refractivity (Wildman–Crippen MR) is 85.5 cm³/mol. The van der Waals surface area contributed by atoms with E-state index in [4.69, 9.17) is 0 Å². The van der Waals surface area contributed by atoms with E-state index in [1.165, 1.54) is 0 Å². The summed E-state index contributed by atoms with van der Waals surface area (Å²) in [6.07, 6.45) is 4.34. The van der Waals surface area contributed by atoms with Crippen LogP contribution in [0.1, 0.15) is 35.2 Å². The van der Waals surface area contributed by atoms with Crippen LogP contribution in [-0.2, 0) is 0 Å². The summed E-state index contributed by atoms with van der Waals surface area (Å²) >= 11 is 0. The molecule has 3 aromatic rings. The average molecular weight is 275 g/mol. The Balaban J connectivity index is 2.07. The molecule has 0 aliphatic heterocycles. The Labute approximate surface area is 124 Å². The summed E-state index contributed by atoms with van der Waals surface area (Å²) in [6, 6.07) is 17.7. The van der Waals surface area contributed by atoms with Crippen molar-refractivity contribution >= 4 is 16.6 Å². The minimum absolute atomic E-state index is 0.0926. The highest BCUT2D eigenvalue weighted by Gasteiger charge is 2.21. The van der Waals surface area contributed by atoms with Gasteiger partial charge in [-0.2, -0.15) is 0 Å². The molecule has 21 heavy (non-hydrogen) atoms. The van der Waals surface area contributed by atoms with E-state index in [2.05, 4.69) is 11.9 Å². The van der Waals surface area contributed by atoms with E-state index >= 15 is 0 Å². The highest BCUT2D eigenvalue weighted by Crippen LogP contribution is 2.27. The third-order valence-electron chi connectivity index (χ3n) is 3.87. The summed E-state index contributed by atoms with van der Waals surface area (Å²) in [5.74, 6) is 0.0884. The van der Waals surface area contributed by atoms with Crippen LogP contribution < -0.4 is 0 Å². The molecule has 104 valence electrons. The quantitative estimate of drug-likeness (QED) is 0.651. The topological polar surface area (TPSA) is 30.0 Å². The zero-order chi connectivity index (χ0) is 14.7. The van der Waals surface area contributed by atoms with Crippen LogP contribution in [0.25, 0.3) is 10.8 Å². The van der Waals surface area contributed by atoms with Crippen molar-refractivity contribution in [3.8, 4) is 0 Å². The molecule has 2 nitrogen and oxygen atoms in total. The lowest BCUT2D eigenvalue weighted by Crippen LogP contribution is -2.12. The Morgan fingerprint density at radius 1 is 1.05 bits per heavy atom. The predicted octanol–water partition coefficient (Wildman–Crippen LogP) is 4.61. The number of carbonyl (C=O) groups is 1. The normalized spacial score (nSPS) is 12.2. The van der Waals surface area contributed by atoms with Crippen molar-refractivity contribution in [2.24, 2.45) is 0 Å². The van der Waals surface area contributed by atoms with Crippen molar-refractivity contribution < 1.29 is 4.79 Å². The summed E-state index contributed by atoms with van der Waals surface area (Å²) in [5.41, 5.74) is 1.86. The number of pyridine rings is 1. The standard InChI is InChI=1S/C19H17NO/c1-2-16(14-7-4-3-5-8-14)19(21)18-10-6-9-15-13-20-12-11-17(15)18/h3-13,16H,2H2,1H3. The van der Waals surface area contributed by atoms with Crippen molar-refractivity contribution in [3.63, 3.8) is 0 Å². The third-order valence-corrected chi connectivity index (χ3v) is 3.87. The molecule has 1 atom stereocenters. The van der Waals surface area contributed by atoms with Gasteiger partial charge < -0.3 is 0 Å². The summed E-state index contributed by atoms with van der Waals surface area (Å²) < 4.78 is 0. The van der Waals surface area contributed by atoms with Gasteiger partial charge in [0.2, 0.25) is 0 Å². The molecule has 0 spiro atoms. The highest BCUT2D eigenvalue weighted by molar-refractivity contribution is 6.10. The number of Topliss-reactive ketones (excluding diaryl/α,β-unsaturated/α-hetero) is 1. The number of hydrogen-bond donors (Lipinski definition) is 0. The first kappa shape index (κ1) is 13.5. The van der Waals surface area contributed by atoms with Gasteiger partial charge in [-0.15, -0.1) is 0 Å². The summed E-state index contributed by atoms with van der Waals surface area (Å²) in [7, 11) is 0. The van der Waals surface area contributed by atoms with Crippen molar-refractivity contribution in [1.29, 1.82) is 0 Å². The zero-order valence-corrected chi connectivity index (χ0v) is 12.0. The number of ketones is 1. The van der Waals surface area contributed by atoms with Crippen LogP contribution in [0.15, 0.2) is 67.0 Å². The van der Waals surface area contributed by atoms with E-state index in [9.17, 15) is 4.79 Å². The van der Waals surface area contributed by atoms with Gasteiger partial charge in [0.15, 0.2) is 5.78 Å². The Morgan fingerprint density at radius 2 is 1.86 bits per heavy atom. The number of benzene rings is 2. The summed E-state index contributed by atoms with van der Waals surface area (Å²) in [4.78, 5) is 17.1. The fourth-order valence-electron chi connectivity index (χ4n) is 2.78. The highest BCUT2D eigenvalue weighted by atomic mass is 16.1. The molecule has 0 radical (unpaired) electrons. The first-order chi connectivity index (χ1) is 10.3. The fourth-order valence-corrected chi connectivity index (χ4v) is 2.78. The second-order valence-corrected chi connectivity index (χ2v) is 5.14. The maximum absolute atomic E-state index is 13.0. The molecule has 0 fully saturated rings. The van der Waals surface area contributed by atoms with Gasteiger partial charge in [0.25, 0.3) is 0 Å². The van der Waals surface area contributed by atoms with Crippen LogP contribution in [0.4, 0.5) is 0 Å². The van der Waals surface area contributed by atoms with Gasteiger partial charge in [0, 0.05) is 29.3 Å². The second kappa shape index (κ2) is 5.88. The lowest BCUT2D eigenvalue weighted by molar-refractivity contribution is 0.0959. The largest absolute Gasteiger partial charge is 0.293 e. The van der Waals surface area contributed by atoms with Crippen LogP contribution >= 0.6 is 0 Å². The van der Waals surface area contributed by atoms with Crippen LogP contribution in [0, 0.1) is 0 Å². The molecule has 2 heteroatoms. The first-order valence-electron chi connectivity index (χ1n) is 7.23. The molecule has 3 rings (SSSR count). The van der Waals surface area contributed by atoms with Crippen molar-refractivity contribution in [3.05, 3.63) is 78.1 Å². The van der Waals surface area contributed by atoms with Crippen LogP contribution in [-0.4, -0.2) is 10.8 Å². The third kappa shape index (κ3) is 2.57. The lowest BCUT2D eigenvalue weighted by atomic mass is 9.87. The second-order valence-electron chi connectivity index (χ2n) is 5.14. The van der Waals surface area contributed by atoms with Crippen LogP contribution in [0.2, 0.25) is 0 Å². The van der Waals surface area contributed by atoms with Crippen molar-refractivity contribution in [2.75, 3.05) is 0 Å². The summed E-state index contributed by atoms with van der Waals surface area (Å²) in [5, 5.41) is 1.98. The molecule has 0 aliphatic rings. The number of carbonyl (C=O) groups excluding carboxylic acids is 1. The number of rotatable bonds is 4. The Bertz CT molecular complexity index is 759. The van der Waals surface area contributed by atoms with Gasteiger partial charge >= 0.3 is 0 Å². The molecule has 0 saturated heterocycles. The van der Waals surface area contributed by atoms with E-state index in [0.29, 0.717) is 0 Å². The van der Waals surface area contributed by atoms with E-state index < -0.39 is 0 Å². The monoisotopic (exact) mass is 275 g/mol. The number of fused-ring (bicyclic) bond motifs is 1. The van der Waals surface area contributed by atoms with Gasteiger partial charge in [-0.05, 0) is 23.4 Å². The zero-order valence-electron chi connectivity index (χ0n) is 12.0.